The second-order valence-electron chi connectivity index (χ2n) is 8.32. The van der Waals surface area contributed by atoms with Crippen LogP contribution in [0.5, 0.6) is 0 Å². The highest BCUT2D eigenvalue weighted by Gasteiger charge is 2.25. The second kappa shape index (κ2) is 11.0. The molecule has 188 valence electrons. The minimum atomic E-state index is -0.631. The van der Waals surface area contributed by atoms with Gasteiger partial charge in [-0.25, -0.2) is 23.4 Å². The van der Waals surface area contributed by atoms with E-state index in [1.165, 1.54) is 18.5 Å². The van der Waals surface area contributed by atoms with Crippen molar-refractivity contribution in [2.24, 2.45) is 5.10 Å². The third kappa shape index (κ3) is 5.37. The third-order valence-corrected chi connectivity index (χ3v) is 6.04. The van der Waals surface area contributed by atoms with Crippen molar-refractivity contribution in [2.75, 3.05) is 31.1 Å². The van der Waals surface area contributed by atoms with Gasteiger partial charge in [-0.1, -0.05) is 0 Å². The van der Waals surface area contributed by atoms with Crippen molar-refractivity contribution in [2.45, 2.75) is 26.3 Å². The monoisotopic (exact) mass is 496 g/mol. The fourth-order valence-corrected chi connectivity index (χ4v) is 4.24. The van der Waals surface area contributed by atoms with Crippen LogP contribution in [-0.2, 0) is 4.79 Å². The first-order chi connectivity index (χ1) is 17.4. The fraction of sp³-hybridized carbons (Fsp3) is 0.333. The zero-order chi connectivity index (χ0) is 25.7. The first-order valence-corrected chi connectivity index (χ1v) is 11.4. The van der Waals surface area contributed by atoms with Gasteiger partial charge in [-0.15, -0.1) is 0 Å². The molecule has 1 amide bonds. The van der Waals surface area contributed by atoms with E-state index in [9.17, 15) is 18.4 Å². The highest BCUT2D eigenvalue weighted by molar-refractivity contribution is 5.78. The smallest absolute Gasteiger partial charge is 0.207 e. The lowest BCUT2D eigenvalue weighted by Crippen LogP contribution is -2.38. The SMILES string of the molecule is Cc1nn(-c2cc(N(CCNC=O)CCN3N=CCC3c3cc(F)cc(F)c3)ncn2)c(C)c1C=O. The molecule has 0 saturated heterocycles. The molecule has 4 rings (SSSR count). The standard InChI is InChI=1S/C24H26F2N8O2/c1-16-21(13-35)17(2)34(31-16)24-12-23(28-14-29-24)32(6-5-27-15-36)7-8-33-22(3-4-30-33)18-9-19(25)11-20(26)10-18/h4,9-15,22H,3,5-8H2,1-2H3,(H,27,36). The molecule has 10 nitrogen and oxygen atoms in total. The van der Waals surface area contributed by atoms with E-state index in [-0.39, 0.29) is 6.04 Å². The van der Waals surface area contributed by atoms with Crippen LogP contribution in [0.4, 0.5) is 14.6 Å². The summed E-state index contributed by atoms with van der Waals surface area (Å²) in [6.07, 6.45) is 5.06. The van der Waals surface area contributed by atoms with Crippen LogP contribution >= 0.6 is 0 Å². The number of benzene rings is 1. The number of aldehydes is 1. The topological polar surface area (TPSA) is 109 Å². The van der Waals surface area contributed by atoms with Gasteiger partial charge in [0.15, 0.2) is 12.1 Å². The summed E-state index contributed by atoms with van der Waals surface area (Å²) in [6, 6.07) is 4.95. The lowest BCUT2D eigenvalue weighted by molar-refractivity contribution is -0.109. The Bertz CT molecular complexity index is 1260. The van der Waals surface area contributed by atoms with E-state index in [2.05, 4.69) is 25.5 Å². The van der Waals surface area contributed by atoms with Crippen LogP contribution in [0.25, 0.3) is 5.82 Å². The summed E-state index contributed by atoms with van der Waals surface area (Å²) in [5.41, 5.74) is 2.28. The summed E-state index contributed by atoms with van der Waals surface area (Å²) >= 11 is 0. The Kier molecular flexibility index (Phi) is 7.62. The number of nitrogens with zero attached hydrogens (tertiary/aromatic N) is 7. The largest absolute Gasteiger partial charge is 0.357 e. The van der Waals surface area contributed by atoms with Gasteiger partial charge >= 0.3 is 0 Å². The number of aromatic nitrogens is 4. The summed E-state index contributed by atoms with van der Waals surface area (Å²) in [7, 11) is 0. The molecule has 2 aromatic heterocycles. The fourth-order valence-electron chi connectivity index (χ4n) is 4.24. The maximum Gasteiger partial charge on any atom is 0.207 e. The van der Waals surface area contributed by atoms with E-state index in [0.29, 0.717) is 73.2 Å². The van der Waals surface area contributed by atoms with Gasteiger partial charge in [-0.05, 0) is 31.5 Å². The quantitative estimate of drug-likeness (QED) is 0.321. The summed E-state index contributed by atoms with van der Waals surface area (Å²) < 4.78 is 29.2. The van der Waals surface area contributed by atoms with Gasteiger partial charge in [0.1, 0.15) is 23.8 Å². The minimum Gasteiger partial charge on any atom is -0.357 e. The van der Waals surface area contributed by atoms with Gasteiger partial charge in [0.2, 0.25) is 6.41 Å². The number of nitrogens with one attached hydrogen (secondary N) is 1. The highest BCUT2D eigenvalue weighted by atomic mass is 19.1. The molecule has 3 aromatic rings. The van der Waals surface area contributed by atoms with Crippen LogP contribution in [-0.4, -0.2) is 69.8 Å². The van der Waals surface area contributed by atoms with Crippen molar-refractivity contribution in [3.63, 3.8) is 0 Å². The average molecular weight is 497 g/mol. The third-order valence-electron chi connectivity index (χ3n) is 6.04. The molecule has 0 spiro atoms. The van der Waals surface area contributed by atoms with Crippen molar-refractivity contribution in [1.82, 2.24) is 30.1 Å². The van der Waals surface area contributed by atoms with Crippen molar-refractivity contribution in [1.29, 1.82) is 0 Å². The van der Waals surface area contributed by atoms with Gasteiger partial charge in [-0.3, -0.25) is 14.6 Å². The number of halogens is 2. The number of carbonyl (C=O) groups is 2. The van der Waals surface area contributed by atoms with Crippen LogP contribution in [0.3, 0.4) is 0 Å². The number of rotatable bonds is 11. The molecule has 1 aliphatic rings. The number of carbonyl (C=O) groups excluding carboxylic acids is 2. The average Bonchev–Trinajstić information content (AvgIpc) is 3.44. The van der Waals surface area contributed by atoms with Gasteiger partial charge < -0.3 is 10.2 Å². The van der Waals surface area contributed by atoms with E-state index in [0.717, 1.165) is 12.4 Å². The zero-order valence-corrected chi connectivity index (χ0v) is 19.9. The first-order valence-electron chi connectivity index (χ1n) is 11.4. The molecule has 0 bridgehead atoms. The maximum absolute atomic E-state index is 13.8. The number of aryl methyl sites for hydroxylation is 1. The Hall–Kier alpha value is -4.22. The predicted molar refractivity (Wildman–Crippen MR) is 129 cm³/mol. The molecule has 1 N–H and O–H groups in total. The molecule has 3 heterocycles. The van der Waals surface area contributed by atoms with Gasteiger partial charge in [0.05, 0.1) is 29.5 Å². The molecule has 1 unspecified atom stereocenters. The molecule has 12 heteroatoms. The van der Waals surface area contributed by atoms with Crippen molar-refractivity contribution in [3.05, 3.63) is 64.7 Å². The molecule has 0 aliphatic carbocycles. The summed E-state index contributed by atoms with van der Waals surface area (Å²) in [4.78, 5) is 32.9. The van der Waals surface area contributed by atoms with Crippen LogP contribution in [0.2, 0.25) is 0 Å². The van der Waals surface area contributed by atoms with E-state index < -0.39 is 11.6 Å². The summed E-state index contributed by atoms with van der Waals surface area (Å²) in [5, 5.41) is 13.3. The zero-order valence-electron chi connectivity index (χ0n) is 19.9. The molecule has 1 aromatic carbocycles. The summed E-state index contributed by atoms with van der Waals surface area (Å²) in [6.45, 7) is 5.26. The first kappa shape index (κ1) is 24.9. The number of hydrogen-bond donors (Lipinski definition) is 1. The number of anilines is 1. The Labute approximate surface area is 206 Å². The molecular formula is C24H26F2N8O2. The molecule has 1 atom stereocenters. The number of amides is 1. The van der Waals surface area contributed by atoms with E-state index in [4.69, 9.17) is 0 Å². The van der Waals surface area contributed by atoms with Crippen molar-refractivity contribution >= 4 is 24.7 Å². The molecule has 36 heavy (non-hydrogen) atoms. The lowest BCUT2D eigenvalue weighted by atomic mass is 10.0. The number of hydrogen-bond acceptors (Lipinski definition) is 8. The molecule has 1 aliphatic heterocycles. The van der Waals surface area contributed by atoms with Gasteiger partial charge in [0.25, 0.3) is 0 Å². The predicted octanol–water partition coefficient (Wildman–Crippen LogP) is 2.36. The van der Waals surface area contributed by atoms with E-state index in [1.807, 2.05) is 4.90 Å². The van der Waals surface area contributed by atoms with E-state index in [1.54, 1.807) is 35.8 Å². The second-order valence-corrected chi connectivity index (χ2v) is 8.32. The summed E-state index contributed by atoms with van der Waals surface area (Å²) in [5.74, 6) is -0.179. The van der Waals surface area contributed by atoms with Crippen LogP contribution in [0.15, 0.2) is 35.7 Å². The molecule has 0 radical (unpaired) electrons. The minimum absolute atomic E-state index is 0.289. The van der Waals surface area contributed by atoms with Crippen molar-refractivity contribution in [3.8, 4) is 5.82 Å². The Balaban J connectivity index is 1.55. The Morgan fingerprint density at radius 3 is 2.58 bits per heavy atom. The van der Waals surface area contributed by atoms with Gasteiger partial charge in [-0.2, -0.15) is 10.2 Å². The Morgan fingerprint density at radius 1 is 1.11 bits per heavy atom. The van der Waals surface area contributed by atoms with Gasteiger partial charge in [0, 0.05) is 44.4 Å². The number of hydrazone groups is 1. The van der Waals surface area contributed by atoms with Crippen molar-refractivity contribution < 1.29 is 18.4 Å². The lowest BCUT2D eigenvalue weighted by Gasteiger charge is -2.29. The molecule has 0 fully saturated rings. The van der Waals surface area contributed by atoms with Crippen LogP contribution in [0.1, 0.15) is 39.8 Å². The molecule has 0 saturated carbocycles. The molecular weight excluding hydrogens is 470 g/mol. The Morgan fingerprint density at radius 2 is 1.89 bits per heavy atom. The van der Waals surface area contributed by atoms with E-state index >= 15 is 0 Å². The highest BCUT2D eigenvalue weighted by Crippen LogP contribution is 2.29. The van der Waals surface area contributed by atoms with Crippen LogP contribution < -0.4 is 10.2 Å². The maximum atomic E-state index is 13.8. The normalized spacial score (nSPS) is 14.8. The van der Waals surface area contributed by atoms with Crippen LogP contribution in [0, 0.1) is 25.5 Å².